The van der Waals surface area contributed by atoms with Gasteiger partial charge in [-0.2, -0.15) is 5.26 Å². The van der Waals surface area contributed by atoms with Crippen molar-refractivity contribution in [2.75, 3.05) is 5.32 Å². The maximum atomic E-state index is 11.6. The van der Waals surface area contributed by atoms with Crippen LogP contribution < -0.4 is 16.4 Å². The lowest BCUT2D eigenvalue weighted by Crippen LogP contribution is -2.26. The number of carbonyl (C=O) groups is 1. The van der Waals surface area contributed by atoms with Crippen LogP contribution >= 0.6 is 0 Å². The fourth-order valence-corrected chi connectivity index (χ4v) is 2.03. The Morgan fingerprint density at radius 1 is 1.39 bits per heavy atom. The second-order valence-electron chi connectivity index (χ2n) is 4.60. The van der Waals surface area contributed by atoms with Crippen molar-refractivity contribution in [1.29, 1.82) is 5.26 Å². The molecule has 23 heavy (non-hydrogen) atoms. The van der Waals surface area contributed by atoms with Crippen LogP contribution in [0.15, 0.2) is 47.7 Å². The minimum Gasteiger partial charge on any atom is -0.366 e. The quantitative estimate of drug-likeness (QED) is 0.345. The van der Waals surface area contributed by atoms with Crippen molar-refractivity contribution in [2.45, 2.75) is 13.3 Å². The predicted octanol–water partition coefficient (Wildman–Crippen LogP) is 1.91. The van der Waals surface area contributed by atoms with E-state index >= 15 is 0 Å². The number of para-hydroxylation sites is 1. The van der Waals surface area contributed by atoms with Gasteiger partial charge in [0.25, 0.3) is 5.91 Å². The number of benzene rings is 1. The number of nitriles is 1. The number of nitrogens with two attached hydrogens (primary N) is 1. The molecule has 7 heteroatoms. The summed E-state index contributed by atoms with van der Waals surface area (Å²) < 4.78 is 0. The van der Waals surface area contributed by atoms with Crippen molar-refractivity contribution in [3.8, 4) is 6.19 Å². The molecule has 0 atom stereocenters. The molecule has 0 saturated heterocycles. The highest BCUT2D eigenvalue weighted by Gasteiger charge is 2.12. The van der Waals surface area contributed by atoms with Crippen LogP contribution in [0.3, 0.4) is 0 Å². The summed E-state index contributed by atoms with van der Waals surface area (Å²) in [6, 6.07) is 8.75. The van der Waals surface area contributed by atoms with E-state index in [0.29, 0.717) is 23.4 Å². The lowest BCUT2D eigenvalue weighted by atomic mass is 10.0. The molecule has 4 N–H and O–H groups in total. The maximum absolute atomic E-state index is 11.6. The Bertz CT molecular complexity index is 764. The summed E-state index contributed by atoms with van der Waals surface area (Å²) in [5.74, 6) is -0.388. The van der Waals surface area contributed by atoms with Crippen LogP contribution in [0.4, 0.5) is 11.4 Å². The Morgan fingerprint density at radius 3 is 2.83 bits per heavy atom. The van der Waals surface area contributed by atoms with Crippen LogP contribution in [-0.2, 0) is 6.42 Å². The number of hydrogen-bond donors (Lipinski definition) is 3. The van der Waals surface area contributed by atoms with Crippen molar-refractivity contribution >= 4 is 23.2 Å². The summed E-state index contributed by atoms with van der Waals surface area (Å²) in [7, 11) is 0. The summed E-state index contributed by atoms with van der Waals surface area (Å²) in [4.78, 5) is 20.0. The number of aryl methyl sites for hydroxylation is 1. The smallest absolute Gasteiger partial charge is 0.250 e. The van der Waals surface area contributed by atoms with Crippen LogP contribution in [0.2, 0.25) is 0 Å². The minimum absolute atomic E-state index is 0.184. The van der Waals surface area contributed by atoms with Crippen molar-refractivity contribution in [3.05, 3.63) is 53.9 Å². The number of aliphatic imine (C=N–C) groups is 1. The lowest BCUT2D eigenvalue weighted by Gasteiger charge is -2.11. The summed E-state index contributed by atoms with van der Waals surface area (Å²) in [6.07, 6.45) is 5.72. The third kappa shape index (κ3) is 4.04. The number of aromatic nitrogens is 1. The van der Waals surface area contributed by atoms with Gasteiger partial charge in [-0.25, -0.2) is 4.99 Å². The molecule has 0 saturated carbocycles. The first-order valence-electron chi connectivity index (χ1n) is 6.98. The van der Waals surface area contributed by atoms with E-state index in [-0.39, 0.29) is 5.96 Å². The van der Waals surface area contributed by atoms with E-state index < -0.39 is 5.91 Å². The number of amides is 1. The normalized spacial score (nSPS) is 10.7. The zero-order chi connectivity index (χ0) is 16.7. The Hall–Kier alpha value is -3.40. The molecule has 1 aromatic carbocycles. The highest BCUT2D eigenvalue weighted by molar-refractivity contribution is 6.02. The average Bonchev–Trinajstić information content (AvgIpc) is 2.56. The molecule has 0 radical (unpaired) electrons. The highest BCUT2D eigenvalue weighted by Crippen LogP contribution is 2.25. The molecule has 7 nitrogen and oxygen atoms in total. The third-order valence-electron chi connectivity index (χ3n) is 3.09. The van der Waals surface area contributed by atoms with Gasteiger partial charge in [-0.1, -0.05) is 19.1 Å². The van der Waals surface area contributed by atoms with Gasteiger partial charge in [-0.05, 0) is 30.2 Å². The number of hydrogen-bond acceptors (Lipinski definition) is 4. The van der Waals surface area contributed by atoms with Crippen LogP contribution in [0, 0.1) is 11.5 Å². The topological polar surface area (TPSA) is 116 Å². The first kappa shape index (κ1) is 16.0. The molecule has 0 aliphatic rings. The van der Waals surface area contributed by atoms with Gasteiger partial charge in [0.1, 0.15) is 0 Å². The first-order valence-corrected chi connectivity index (χ1v) is 6.98. The summed E-state index contributed by atoms with van der Waals surface area (Å²) in [6.45, 7) is 1.95. The molecule has 0 aliphatic carbocycles. The van der Waals surface area contributed by atoms with Gasteiger partial charge < -0.3 is 11.1 Å². The zero-order valence-electron chi connectivity index (χ0n) is 12.6. The fourth-order valence-electron chi connectivity index (χ4n) is 2.03. The molecular weight excluding hydrogens is 292 g/mol. The number of nitrogens with one attached hydrogen (secondary N) is 2. The molecule has 2 rings (SSSR count). The SMILES string of the molecule is CCc1cccc(C(N)=O)c1N=C(NC#N)Nc1cccnc1. The molecule has 0 aliphatic heterocycles. The number of pyridine rings is 1. The Kier molecular flexibility index (Phi) is 5.25. The van der Waals surface area contributed by atoms with Gasteiger partial charge in [0.15, 0.2) is 6.19 Å². The molecule has 1 aromatic heterocycles. The Labute approximate surface area is 133 Å². The molecule has 116 valence electrons. The van der Waals surface area contributed by atoms with E-state index in [2.05, 4.69) is 20.6 Å². The Balaban J connectivity index is 2.47. The van der Waals surface area contributed by atoms with Crippen LogP contribution in [0.1, 0.15) is 22.8 Å². The average molecular weight is 308 g/mol. The van der Waals surface area contributed by atoms with Crippen molar-refractivity contribution in [3.63, 3.8) is 0 Å². The lowest BCUT2D eigenvalue weighted by molar-refractivity contribution is 0.100. The van der Waals surface area contributed by atoms with Gasteiger partial charge in [-0.3, -0.25) is 15.1 Å². The summed E-state index contributed by atoms with van der Waals surface area (Å²) >= 11 is 0. The number of rotatable bonds is 4. The van der Waals surface area contributed by atoms with Crippen molar-refractivity contribution < 1.29 is 4.79 Å². The second-order valence-corrected chi connectivity index (χ2v) is 4.60. The third-order valence-corrected chi connectivity index (χ3v) is 3.09. The van der Waals surface area contributed by atoms with E-state index in [0.717, 1.165) is 5.56 Å². The second kappa shape index (κ2) is 7.56. The standard InChI is InChI=1S/C16H16N6O/c1-2-11-5-3-7-13(15(18)23)14(11)22-16(20-10-17)21-12-6-4-8-19-9-12/h3-9H,2H2,1H3,(H2,18,23)(H2,20,21,22). The zero-order valence-corrected chi connectivity index (χ0v) is 12.6. The number of anilines is 1. The van der Waals surface area contributed by atoms with E-state index in [1.807, 2.05) is 19.2 Å². The Morgan fingerprint density at radius 2 is 2.22 bits per heavy atom. The molecule has 1 amide bonds. The van der Waals surface area contributed by atoms with Gasteiger partial charge in [0, 0.05) is 6.20 Å². The monoisotopic (exact) mass is 308 g/mol. The molecular formula is C16H16N6O. The van der Waals surface area contributed by atoms with Gasteiger partial charge in [-0.15, -0.1) is 0 Å². The number of primary amides is 1. The van der Waals surface area contributed by atoms with Gasteiger partial charge in [0.05, 0.1) is 23.1 Å². The van der Waals surface area contributed by atoms with E-state index in [9.17, 15) is 4.79 Å². The van der Waals surface area contributed by atoms with Crippen LogP contribution in [0.25, 0.3) is 0 Å². The molecule has 2 aromatic rings. The van der Waals surface area contributed by atoms with Crippen molar-refractivity contribution in [2.24, 2.45) is 10.7 Å². The van der Waals surface area contributed by atoms with E-state index in [1.54, 1.807) is 36.7 Å². The van der Waals surface area contributed by atoms with Crippen molar-refractivity contribution in [1.82, 2.24) is 10.3 Å². The summed E-state index contributed by atoms with van der Waals surface area (Å²) in [5, 5.41) is 14.3. The van der Waals surface area contributed by atoms with E-state index in [4.69, 9.17) is 11.0 Å². The molecule has 1 heterocycles. The minimum atomic E-state index is -0.572. The number of carbonyl (C=O) groups excluding carboxylic acids is 1. The molecule has 0 unspecified atom stereocenters. The largest absolute Gasteiger partial charge is 0.366 e. The molecule has 0 bridgehead atoms. The fraction of sp³-hybridized carbons (Fsp3) is 0.125. The van der Waals surface area contributed by atoms with Crippen LogP contribution in [0.5, 0.6) is 0 Å². The maximum Gasteiger partial charge on any atom is 0.250 e. The van der Waals surface area contributed by atoms with Crippen LogP contribution in [-0.4, -0.2) is 16.9 Å². The molecule has 0 spiro atoms. The molecule has 0 fully saturated rings. The number of nitrogens with zero attached hydrogens (tertiary/aromatic N) is 3. The van der Waals surface area contributed by atoms with Gasteiger partial charge in [0.2, 0.25) is 5.96 Å². The predicted molar refractivity (Wildman–Crippen MR) is 88.0 cm³/mol. The summed E-state index contributed by atoms with van der Waals surface area (Å²) in [5.41, 5.74) is 7.67. The van der Waals surface area contributed by atoms with E-state index in [1.165, 1.54) is 0 Å². The highest BCUT2D eigenvalue weighted by atomic mass is 16.1. The first-order chi connectivity index (χ1) is 11.2. The van der Waals surface area contributed by atoms with Gasteiger partial charge >= 0.3 is 0 Å². The number of guanidine groups is 1.